The second kappa shape index (κ2) is 15.7. The van der Waals surface area contributed by atoms with Crippen molar-refractivity contribution in [3.05, 3.63) is 48.0 Å². The zero-order chi connectivity index (χ0) is 22.5. The Morgan fingerprint density at radius 3 is 1.88 bits per heavy atom. The van der Waals surface area contributed by atoms with Gasteiger partial charge in [0.15, 0.2) is 0 Å². The first-order valence-corrected chi connectivity index (χ1v) is 12.9. The Labute approximate surface area is 215 Å². The van der Waals surface area contributed by atoms with E-state index in [4.69, 9.17) is 4.74 Å². The van der Waals surface area contributed by atoms with E-state index in [-0.39, 0.29) is 35.3 Å². The summed E-state index contributed by atoms with van der Waals surface area (Å²) in [7, 11) is -4.62. The second-order valence-electron chi connectivity index (χ2n) is 8.09. The molecule has 0 aliphatic rings. The minimum absolute atomic E-state index is 0. The quantitative estimate of drug-likeness (QED) is 0.244. The van der Waals surface area contributed by atoms with Gasteiger partial charge in [-0.2, -0.15) is 8.42 Å². The molecule has 2 aromatic carbocycles. The number of ether oxygens (including phenoxy) is 1. The molecule has 2 rings (SSSR count). The molecule has 0 unspecified atom stereocenters. The molecule has 5 nitrogen and oxygen atoms in total. The van der Waals surface area contributed by atoms with Crippen LogP contribution in [0.1, 0.15) is 83.1 Å². The third kappa shape index (κ3) is 10.7. The van der Waals surface area contributed by atoms with Crippen LogP contribution in [-0.2, 0) is 16.5 Å². The summed E-state index contributed by atoms with van der Waals surface area (Å²) in [6.45, 7) is 2.23. The van der Waals surface area contributed by atoms with Gasteiger partial charge < -0.3 is 9.84 Å². The second-order valence-corrected chi connectivity index (χ2v) is 9.48. The molecule has 0 radical (unpaired) electrons. The van der Waals surface area contributed by atoms with Crippen LogP contribution in [0.25, 0.3) is 0 Å². The number of aryl methyl sites for hydroxylation is 1. The van der Waals surface area contributed by atoms with Crippen LogP contribution in [0.2, 0.25) is 0 Å². The summed E-state index contributed by atoms with van der Waals surface area (Å²) in [6.07, 6.45) is 13.7. The summed E-state index contributed by atoms with van der Waals surface area (Å²) < 4.78 is 38.5. The van der Waals surface area contributed by atoms with Gasteiger partial charge in [0.05, 0.1) is 4.90 Å². The van der Waals surface area contributed by atoms with Crippen molar-refractivity contribution < 1.29 is 52.4 Å². The number of hydrogen-bond acceptors (Lipinski definition) is 4. The Morgan fingerprint density at radius 2 is 1.34 bits per heavy atom. The fourth-order valence-corrected chi connectivity index (χ4v) is 4.30. The number of rotatable bonds is 15. The minimum atomic E-state index is -4.62. The Balaban J connectivity index is 0.00000512. The Kier molecular flexibility index (Phi) is 14.2. The van der Waals surface area contributed by atoms with E-state index in [9.17, 15) is 18.1 Å². The van der Waals surface area contributed by atoms with Gasteiger partial charge in [0.2, 0.25) is 0 Å². The first-order chi connectivity index (χ1) is 14.9. The molecule has 0 atom stereocenters. The maximum atomic E-state index is 12.5. The molecule has 0 aromatic heterocycles. The van der Waals surface area contributed by atoms with Gasteiger partial charge in [-0.05, 0) is 31.0 Å². The number of unbranched alkanes of at least 4 members (excludes halogenated alkanes) is 10. The van der Waals surface area contributed by atoms with Crippen molar-refractivity contribution in [2.24, 2.45) is 0 Å². The Bertz CT molecular complexity index is 885. The van der Waals surface area contributed by atoms with Crippen molar-refractivity contribution >= 4 is 10.1 Å². The zero-order valence-corrected chi connectivity index (χ0v) is 22.3. The molecule has 0 spiro atoms. The topological polar surface area (TPSA) is 86.7 Å². The molecule has 0 saturated carbocycles. The third-order valence-corrected chi connectivity index (χ3v) is 6.27. The molecule has 0 aliphatic heterocycles. The normalized spacial score (nSPS) is 11.2. The van der Waals surface area contributed by atoms with Gasteiger partial charge in [-0.15, -0.1) is 0 Å². The van der Waals surface area contributed by atoms with E-state index in [1.807, 2.05) is 6.07 Å². The van der Waals surface area contributed by atoms with E-state index in [1.54, 1.807) is 30.3 Å². The summed E-state index contributed by atoms with van der Waals surface area (Å²) >= 11 is 0. The number of hydrogen-bond donors (Lipinski definition) is 1. The Morgan fingerprint density at radius 1 is 0.812 bits per heavy atom. The molecule has 32 heavy (non-hydrogen) atoms. The molecular formula is C25H35NaO5S. The molecular weight excluding hydrogens is 435 g/mol. The Hall–Kier alpha value is -1.05. The largest absolute Gasteiger partial charge is 1.00 e. The summed E-state index contributed by atoms with van der Waals surface area (Å²) in [5.41, 5.74) is 0.358. The van der Waals surface area contributed by atoms with E-state index in [2.05, 4.69) is 6.92 Å². The standard InChI is InChI=1S/C25H36O5S.Na/c1-2-3-4-5-6-7-8-9-10-11-13-16-21-19-23(30-22-17-14-12-15-18-22)20-24(25(21)26)31(27,28)29;/h12,14-15,17-20,26H,2-11,13,16H2,1H3,(H,27,28,29);/q;+1/p-1. The average Bonchev–Trinajstić information content (AvgIpc) is 2.74. The van der Waals surface area contributed by atoms with Crippen LogP contribution in [-0.4, -0.2) is 13.0 Å². The van der Waals surface area contributed by atoms with E-state index < -0.39 is 20.8 Å². The molecule has 0 amide bonds. The molecule has 0 saturated heterocycles. The summed E-state index contributed by atoms with van der Waals surface area (Å²) in [4.78, 5) is -0.626. The maximum absolute atomic E-state index is 12.5. The first kappa shape index (κ1) is 29.0. The van der Waals surface area contributed by atoms with Crippen molar-refractivity contribution in [2.45, 2.75) is 88.9 Å². The van der Waals surface area contributed by atoms with Crippen molar-refractivity contribution in [1.82, 2.24) is 0 Å². The average molecular weight is 471 g/mol. The molecule has 1 N–H and O–H groups in total. The van der Waals surface area contributed by atoms with Crippen molar-refractivity contribution in [3.8, 4) is 17.2 Å². The van der Waals surface area contributed by atoms with Crippen LogP contribution in [0.3, 0.4) is 0 Å². The van der Waals surface area contributed by atoms with Gasteiger partial charge in [0, 0.05) is 6.07 Å². The van der Waals surface area contributed by atoms with Gasteiger partial charge in [0.25, 0.3) is 10.1 Å². The van der Waals surface area contributed by atoms with Gasteiger partial charge in [-0.3, -0.25) is 4.55 Å². The minimum Gasteiger partial charge on any atom is -0.871 e. The van der Waals surface area contributed by atoms with Crippen LogP contribution in [0, 0.1) is 0 Å². The predicted octanol–water partition coefficient (Wildman–Crippen LogP) is 3.66. The SMILES string of the molecule is CCCCCCCCCCCCCc1cc(Oc2ccccc2)cc(S(=O)(=O)O)c1[O-].[Na+]. The van der Waals surface area contributed by atoms with Crippen LogP contribution in [0.15, 0.2) is 47.4 Å². The van der Waals surface area contributed by atoms with E-state index in [0.29, 0.717) is 17.7 Å². The zero-order valence-electron chi connectivity index (χ0n) is 19.5. The molecule has 2 aromatic rings. The molecule has 172 valence electrons. The molecule has 0 aliphatic carbocycles. The fourth-order valence-electron chi connectivity index (χ4n) is 3.67. The molecule has 0 fully saturated rings. The van der Waals surface area contributed by atoms with Crippen LogP contribution in [0.5, 0.6) is 17.2 Å². The predicted molar refractivity (Wildman–Crippen MR) is 122 cm³/mol. The van der Waals surface area contributed by atoms with Crippen molar-refractivity contribution in [1.29, 1.82) is 0 Å². The van der Waals surface area contributed by atoms with Crippen LogP contribution >= 0.6 is 0 Å². The summed E-state index contributed by atoms with van der Waals surface area (Å²) in [5, 5.41) is 12.5. The fraction of sp³-hybridized carbons (Fsp3) is 0.520. The van der Waals surface area contributed by atoms with Gasteiger partial charge in [-0.25, -0.2) is 0 Å². The van der Waals surface area contributed by atoms with E-state index >= 15 is 0 Å². The van der Waals surface area contributed by atoms with Gasteiger partial charge in [-0.1, -0.05) is 101 Å². The van der Waals surface area contributed by atoms with Gasteiger partial charge in [0.1, 0.15) is 11.5 Å². The van der Waals surface area contributed by atoms with E-state index in [1.165, 1.54) is 51.4 Å². The first-order valence-electron chi connectivity index (χ1n) is 11.5. The van der Waals surface area contributed by atoms with Crippen molar-refractivity contribution in [2.75, 3.05) is 0 Å². The summed E-state index contributed by atoms with van der Waals surface area (Å²) in [6, 6.07) is 11.6. The number of benzene rings is 2. The van der Waals surface area contributed by atoms with Crippen molar-refractivity contribution in [3.63, 3.8) is 0 Å². The smallest absolute Gasteiger partial charge is 0.871 e. The van der Waals surface area contributed by atoms with Crippen LogP contribution in [0.4, 0.5) is 0 Å². The molecule has 0 bridgehead atoms. The number of para-hydroxylation sites is 1. The molecule has 7 heteroatoms. The maximum Gasteiger partial charge on any atom is 1.00 e. The monoisotopic (exact) mass is 470 g/mol. The molecule has 0 heterocycles. The summed E-state index contributed by atoms with van der Waals surface area (Å²) in [5.74, 6) is 0.120. The third-order valence-electron chi connectivity index (χ3n) is 5.41. The van der Waals surface area contributed by atoms with Crippen LogP contribution < -0.4 is 39.4 Å². The van der Waals surface area contributed by atoms with Gasteiger partial charge >= 0.3 is 29.6 Å². The van der Waals surface area contributed by atoms with E-state index in [0.717, 1.165) is 25.3 Å².